The fourth-order valence-electron chi connectivity index (χ4n) is 1.10. The van der Waals surface area contributed by atoms with E-state index in [1.807, 2.05) is 6.07 Å². The summed E-state index contributed by atoms with van der Waals surface area (Å²) in [7, 11) is 0. The number of nitrogens with zero attached hydrogens (tertiary/aromatic N) is 2. The molecule has 0 atom stereocenters. The molecule has 0 aliphatic rings. The number of benzene rings is 1. The van der Waals surface area contributed by atoms with Gasteiger partial charge in [-0.3, -0.25) is 0 Å². The molecule has 0 aliphatic heterocycles. The van der Waals surface area contributed by atoms with Crippen LogP contribution in [0.15, 0.2) is 35.7 Å². The molecule has 78 valence electrons. The third-order valence-corrected chi connectivity index (χ3v) is 2.47. The number of carbonyl (C=O) groups is 1. The number of esters is 1. The van der Waals surface area contributed by atoms with E-state index < -0.39 is 5.97 Å². The third-order valence-electron chi connectivity index (χ3n) is 1.86. The molecule has 0 aliphatic carbocycles. The first-order chi connectivity index (χ1) is 7.81. The van der Waals surface area contributed by atoms with Gasteiger partial charge in [-0.15, -0.1) is 0 Å². The lowest BCUT2D eigenvalue weighted by Gasteiger charge is -2.00. The van der Waals surface area contributed by atoms with Crippen molar-refractivity contribution in [2.24, 2.45) is 0 Å². The van der Waals surface area contributed by atoms with Gasteiger partial charge in [-0.25, -0.2) is 4.79 Å². The molecular formula is C11H6N2O2S. The summed E-state index contributed by atoms with van der Waals surface area (Å²) in [5, 5.41) is 10.3. The average molecular weight is 230 g/mol. The molecule has 1 heterocycles. The zero-order valence-electron chi connectivity index (χ0n) is 8.08. The first-order valence-corrected chi connectivity index (χ1v) is 5.26. The number of carbonyl (C=O) groups excluding carboxylic acids is 1. The van der Waals surface area contributed by atoms with E-state index in [1.165, 1.54) is 5.38 Å². The highest BCUT2D eigenvalue weighted by Gasteiger charge is 2.13. The van der Waals surface area contributed by atoms with Crippen molar-refractivity contribution in [3.63, 3.8) is 0 Å². The molecule has 0 unspecified atom stereocenters. The van der Waals surface area contributed by atoms with Crippen LogP contribution in [0.5, 0.6) is 5.88 Å². The van der Waals surface area contributed by atoms with Crippen LogP contribution in [-0.2, 0) is 0 Å². The first kappa shape index (κ1) is 10.3. The Morgan fingerprint density at radius 3 is 2.81 bits per heavy atom. The zero-order valence-corrected chi connectivity index (χ0v) is 8.90. The quantitative estimate of drug-likeness (QED) is 0.742. The number of ether oxygens (including phenoxy) is 1. The Morgan fingerprint density at radius 1 is 1.38 bits per heavy atom. The summed E-state index contributed by atoms with van der Waals surface area (Å²) in [6.07, 6.45) is 0. The molecule has 0 fully saturated rings. The average Bonchev–Trinajstić information content (AvgIpc) is 2.77. The normalized spacial score (nSPS) is 9.44. The van der Waals surface area contributed by atoms with Crippen molar-refractivity contribution >= 4 is 17.5 Å². The molecule has 1 aromatic heterocycles. The Balaban J connectivity index is 2.18. The Morgan fingerprint density at radius 2 is 2.12 bits per heavy atom. The standard InChI is InChI=1S/C11H6N2O2S/c12-6-9-7-16-13-10(9)15-11(14)8-4-2-1-3-5-8/h1-5,7H. The van der Waals surface area contributed by atoms with Crippen molar-refractivity contribution in [1.29, 1.82) is 5.26 Å². The fraction of sp³-hybridized carbons (Fsp3) is 0. The molecule has 5 heteroatoms. The predicted octanol–water partition coefficient (Wildman–Crippen LogP) is 2.23. The van der Waals surface area contributed by atoms with Crippen molar-refractivity contribution in [1.82, 2.24) is 4.37 Å². The lowest BCUT2D eigenvalue weighted by Crippen LogP contribution is -2.08. The molecule has 4 nitrogen and oxygen atoms in total. The van der Waals surface area contributed by atoms with E-state index in [2.05, 4.69) is 4.37 Å². The molecule has 0 amide bonds. The largest absolute Gasteiger partial charge is 0.401 e. The Hall–Kier alpha value is -2.19. The van der Waals surface area contributed by atoms with Crippen LogP contribution in [0.1, 0.15) is 15.9 Å². The van der Waals surface area contributed by atoms with Gasteiger partial charge in [0.05, 0.1) is 5.56 Å². The lowest BCUT2D eigenvalue weighted by molar-refractivity contribution is 0.0728. The highest BCUT2D eigenvalue weighted by atomic mass is 32.1. The van der Waals surface area contributed by atoms with Crippen molar-refractivity contribution < 1.29 is 9.53 Å². The van der Waals surface area contributed by atoms with Gasteiger partial charge in [0.2, 0.25) is 0 Å². The number of rotatable bonds is 2. The van der Waals surface area contributed by atoms with Gasteiger partial charge in [0, 0.05) is 5.38 Å². The van der Waals surface area contributed by atoms with Crippen LogP contribution < -0.4 is 4.74 Å². The maximum Gasteiger partial charge on any atom is 0.344 e. The first-order valence-electron chi connectivity index (χ1n) is 4.43. The van der Waals surface area contributed by atoms with E-state index in [4.69, 9.17) is 10.00 Å². The van der Waals surface area contributed by atoms with E-state index in [0.29, 0.717) is 5.56 Å². The van der Waals surface area contributed by atoms with Gasteiger partial charge in [0.25, 0.3) is 5.88 Å². The van der Waals surface area contributed by atoms with Gasteiger partial charge >= 0.3 is 5.97 Å². The minimum absolute atomic E-state index is 0.0707. The van der Waals surface area contributed by atoms with E-state index in [0.717, 1.165) is 11.5 Å². The van der Waals surface area contributed by atoms with Crippen molar-refractivity contribution in [2.45, 2.75) is 0 Å². The summed E-state index contributed by atoms with van der Waals surface area (Å²) in [6, 6.07) is 10.5. The highest BCUT2D eigenvalue weighted by Crippen LogP contribution is 2.18. The summed E-state index contributed by atoms with van der Waals surface area (Å²) in [5.41, 5.74) is 0.702. The summed E-state index contributed by atoms with van der Waals surface area (Å²) in [4.78, 5) is 11.6. The Labute approximate surface area is 95.9 Å². The Bertz CT molecular complexity index is 543. The Kier molecular flexibility index (Phi) is 2.94. The number of aromatic nitrogens is 1. The van der Waals surface area contributed by atoms with Crippen LogP contribution >= 0.6 is 11.5 Å². The molecule has 0 radical (unpaired) electrons. The van der Waals surface area contributed by atoms with Crippen LogP contribution in [0.25, 0.3) is 0 Å². The minimum atomic E-state index is -0.511. The van der Waals surface area contributed by atoms with Crippen LogP contribution in [0.2, 0.25) is 0 Å². The lowest BCUT2D eigenvalue weighted by atomic mass is 10.2. The third kappa shape index (κ3) is 2.07. The van der Waals surface area contributed by atoms with Gasteiger partial charge in [-0.05, 0) is 23.7 Å². The topological polar surface area (TPSA) is 63.0 Å². The van der Waals surface area contributed by atoms with Gasteiger partial charge < -0.3 is 4.74 Å². The number of hydrogen-bond donors (Lipinski definition) is 0. The molecule has 0 saturated heterocycles. The summed E-state index contributed by atoms with van der Waals surface area (Å²) in [5.74, 6) is -0.440. The van der Waals surface area contributed by atoms with Crippen LogP contribution in [0, 0.1) is 11.3 Å². The fourth-order valence-corrected chi connectivity index (χ4v) is 1.64. The molecule has 0 spiro atoms. The zero-order chi connectivity index (χ0) is 11.4. The molecule has 2 rings (SSSR count). The van der Waals surface area contributed by atoms with Crippen LogP contribution in [0.3, 0.4) is 0 Å². The summed E-state index contributed by atoms with van der Waals surface area (Å²) < 4.78 is 8.83. The smallest absolute Gasteiger partial charge is 0.344 e. The SMILES string of the molecule is N#Cc1csnc1OC(=O)c1ccccc1. The second kappa shape index (κ2) is 4.55. The molecule has 16 heavy (non-hydrogen) atoms. The van der Waals surface area contributed by atoms with Crippen molar-refractivity contribution in [3.05, 3.63) is 46.8 Å². The van der Waals surface area contributed by atoms with Gasteiger partial charge in [0.15, 0.2) is 0 Å². The predicted molar refractivity (Wildman–Crippen MR) is 58.2 cm³/mol. The molecule has 0 N–H and O–H groups in total. The van der Waals surface area contributed by atoms with Crippen LogP contribution in [0.4, 0.5) is 0 Å². The van der Waals surface area contributed by atoms with Crippen molar-refractivity contribution in [2.75, 3.05) is 0 Å². The summed E-state index contributed by atoms with van der Waals surface area (Å²) in [6.45, 7) is 0. The maximum absolute atomic E-state index is 11.6. The molecule has 2 aromatic rings. The molecule has 0 bridgehead atoms. The van der Waals surface area contributed by atoms with E-state index in [9.17, 15) is 4.79 Å². The van der Waals surface area contributed by atoms with E-state index >= 15 is 0 Å². The number of nitriles is 1. The monoisotopic (exact) mass is 230 g/mol. The minimum Gasteiger partial charge on any atom is -0.401 e. The van der Waals surface area contributed by atoms with Gasteiger partial charge in [-0.2, -0.15) is 9.64 Å². The second-order valence-corrected chi connectivity index (χ2v) is 3.53. The van der Waals surface area contributed by atoms with Gasteiger partial charge in [-0.1, -0.05) is 18.2 Å². The van der Waals surface area contributed by atoms with Crippen molar-refractivity contribution in [3.8, 4) is 11.9 Å². The maximum atomic E-state index is 11.6. The van der Waals surface area contributed by atoms with Crippen LogP contribution in [-0.4, -0.2) is 10.3 Å². The highest BCUT2D eigenvalue weighted by molar-refractivity contribution is 7.03. The molecular weight excluding hydrogens is 224 g/mol. The summed E-state index contributed by atoms with van der Waals surface area (Å²) >= 11 is 1.08. The second-order valence-electron chi connectivity index (χ2n) is 2.90. The number of hydrogen-bond acceptors (Lipinski definition) is 5. The van der Waals surface area contributed by atoms with E-state index in [1.54, 1.807) is 30.3 Å². The van der Waals surface area contributed by atoms with Gasteiger partial charge in [0.1, 0.15) is 11.6 Å². The van der Waals surface area contributed by atoms with E-state index in [-0.39, 0.29) is 11.4 Å². The molecule has 0 saturated carbocycles. The molecule has 1 aromatic carbocycles.